The average Bonchev–Trinajstić information content (AvgIpc) is 3.04. The summed E-state index contributed by atoms with van der Waals surface area (Å²) in [4.78, 5) is 12.0. The van der Waals surface area contributed by atoms with Gasteiger partial charge >= 0.3 is 0 Å². The lowest BCUT2D eigenvalue weighted by Gasteiger charge is -2.12. The molecule has 0 saturated heterocycles. The van der Waals surface area contributed by atoms with Crippen LogP contribution in [-0.2, 0) is 14.1 Å². The Hall–Kier alpha value is -2.28. The first-order valence-electron chi connectivity index (χ1n) is 6.68. The minimum absolute atomic E-state index is 0.265. The van der Waals surface area contributed by atoms with Gasteiger partial charge in [-0.3, -0.25) is 9.48 Å². The highest BCUT2D eigenvalue weighted by Crippen LogP contribution is 2.17. The Morgan fingerprint density at radius 2 is 2.29 bits per heavy atom. The molecule has 0 fully saturated rings. The number of rotatable bonds is 6. The van der Waals surface area contributed by atoms with Crippen LogP contribution < -0.4 is 10.1 Å². The highest BCUT2D eigenvalue weighted by Gasteiger charge is 2.17. The van der Waals surface area contributed by atoms with Gasteiger partial charge in [0.25, 0.3) is 5.91 Å². The molecule has 0 aromatic carbocycles. The largest absolute Gasteiger partial charge is 0.479 e. The van der Waals surface area contributed by atoms with E-state index >= 15 is 0 Å². The molecule has 0 bridgehead atoms. The third-order valence-electron chi connectivity index (χ3n) is 3.26. The molecule has 2 N–H and O–H groups in total. The molecule has 0 aliphatic heterocycles. The normalized spacial score (nSPS) is 12.2. The van der Waals surface area contributed by atoms with Crippen molar-refractivity contribution < 1.29 is 14.6 Å². The fourth-order valence-electron chi connectivity index (χ4n) is 2.16. The van der Waals surface area contributed by atoms with Crippen molar-refractivity contribution in [2.45, 2.75) is 12.5 Å². The van der Waals surface area contributed by atoms with E-state index in [0.717, 1.165) is 5.69 Å². The third kappa shape index (κ3) is 3.43. The number of carbonyl (C=O) groups excluding carboxylic acids is 1. The molecule has 0 spiro atoms. The van der Waals surface area contributed by atoms with Crippen LogP contribution in [-0.4, -0.2) is 39.0 Å². The molecule has 2 rings (SSSR count). The van der Waals surface area contributed by atoms with Crippen molar-refractivity contribution in [2.75, 3.05) is 13.7 Å². The number of carbonyl (C=O) groups is 1. The molecule has 1 atom stereocenters. The van der Waals surface area contributed by atoms with Gasteiger partial charge < -0.3 is 19.7 Å². The van der Waals surface area contributed by atoms with E-state index in [4.69, 9.17) is 4.74 Å². The number of nitrogens with zero attached hydrogens (tertiary/aromatic N) is 3. The second-order valence-corrected chi connectivity index (χ2v) is 4.83. The van der Waals surface area contributed by atoms with Gasteiger partial charge in [-0.25, -0.2) is 0 Å². The number of methoxy groups -OCH3 is 1. The molecule has 0 radical (unpaired) electrons. The number of aromatic nitrogens is 3. The second-order valence-electron chi connectivity index (χ2n) is 4.83. The number of aliphatic hydroxyl groups is 1. The first-order valence-corrected chi connectivity index (χ1v) is 6.68. The molecule has 7 nitrogen and oxygen atoms in total. The summed E-state index contributed by atoms with van der Waals surface area (Å²) in [6.07, 6.45) is 3.30. The first kappa shape index (κ1) is 15.1. The predicted molar refractivity (Wildman–Crippen MR) is 77.1 cm³/mol. The fraction of sp³-hybridized carbons (Fsp3) is 0.429. The van der Waals surface area contributed by atoms with Crippen LogP contribution in [0.5, 0.6) is 5.88 Å². The minimum atomic E-state index is -0.610. The van der Waals surface area contributed by atoms with Gasteiger partial charge in [0.2, 0.25) is 5.88 Å². The number of amides is 1. The quantitative estimate of drug-likeness (QED) is 0.818. The molecular weight excluding hydrogens is 272 g/mol. The summed E-state index contributed by atoms with van der Waals surface area (Å²) in [6.45, 7) is 0.364. The molecule has 1 amide bonds. The van der Waals surface area contributed by atoms with Gasteiger partial charge in [-0.2, -0.15) is 0 Å². The Bertz CT molecular complexity index is 618. The van der Waals surface area contributed by atoms with Gasteiger partial charge in [0.1, 0.15) is 5.56 Å². The molecule has 0 aliphatic carbocycles. The van der Waals surface area contributed by atoms with Gasteiger partial charge in [-0.1, -0.05) is 0 Å². The number of hydrogen-bond donors (Lipinski definition) is 2. The van der Waals surface area contributed by atoms with Gasteiger partial charge in [-0.05, 0) is 18.6 Å². The van der Waals surface area contributed by atoms with Crippen molar-refractivity contribution in [2.24, 2.45) is 14.1 Å². The van der Waals surface area contributed by atoms with Crippen molar-refractivity contribution in [1.82, 2.24) is 19.7 Å². The minimum Gasteiger partial charge on any atom is -0.479 e. The molecule has 21 heavy (non-hydrogen) atoms. The smallest absolute Gasteiger partial charge is 0.258 e. The van der Waals surface area contributed by atoms with Crippen LogP contribution in [0.4, 0.5) is 0 Å². The van der Waals surface area contributed by atoms with E-state index in [1.165, 1.54) is 11.8 Å². The van der Waals surface area contributed by atoms with E-state index in [1.807, 2.05) is 29.9 Å². The summed E-state index contributed by atoms with van der Waals surface area (Å²) in [6, 6.07) is 3.73. The SMILES string of the molecule is COc1nn(C)cc1C(=O)NCC[C@@H](O)c1cccn1C. The van der Waals surface area contributed by atoms with E-state index < -0.39 is 6.10 Å². The van der Waals surface area contributed by atoms with Crippen LogP contribution >= 0.6 is 0 Å². The summed E-state index contributed by atoms with van der Waals surface area (Å²) in [5, 5.41) is 16.8. The molecule has 7 heteroatoms. The lowest BCUT2D eigenvalue weighted by atomic mass is 10.2. The highest BCUT2D eigenvalue weighted by molar-refractivity contribution is 5.96. The van der Waals surface area contributed by atoms with Gasteiger partial charge in [0.15, 0.2) is 0 Å². The van der Waals surface area contributed by atoms with E-state index in [0.29, 0.717) is 18.5 Å². The topological polar surface area (TPSA) is 81.3 Å². The summed E-state index contributed by atoms with van der Waals surface area (Å²) in [7, 11) is 5.06. The maximum absolute atomic E-state index is 12.0. The van der Waals surface area contributed by atoms with Crippen molar-refractivity contribution in [3.8, 4) is 5.88 Å². The highest BCUT2D eigenvalue weighted by atomic mass is 16.5. The lowest BCUT2D eigenvalue weighted by Crippen LogP contribution is -2.26. The summed E-state index contributed by atoms with van der Waals surface area (Å²) in [5.74, 6) is 0.0250. The number of hydrogen-bond acceptors (Lipinski definition) is 4. The van der Waals surface area contributed by atoms with Crippen LogP contribution in [0.2, 0.25) is 0 Å². The van der Waals surface area contributed by atoms with Gasteiger partial charge in [-0.15, -0.1) is 5.10 Å². The van der Waals surface area contributed by atoms with Crippen LogP contribution in [0.3, 0.4) is 0 Å². The maximum atomic E-state index is 12.0. The van der Waals surface area contributed by atoms with Crippen molar-refractivity contribution in [1.29, 1.82) is 0 Å². The Morgan fingerprint density at radius 1 is 1.52 bits per heavy atom. The number of nitrogens with one attached hydrogen (secondary N) is 1. The Labute approximate surface area is 123 Å². The Balaban J connectivity index is 1.88. The standard InChI is InChI=1S/C14H20N4O3/c1-17-8-4-5-11(17)12(19)6-7-15-13(20)10-9-18(2)16-14(10)21-3/h4-5,8-9,12,19H,6-7H2,1-3H3,(H,15,20)/t12-/m1/s1. The number of aryl methyl sites for hydroxylation is 2. The summed E-state index contributed by atoms with van der Waals surface area (Å²) >= 11 is 0. The van der Waals surface area contributed by atoms with E-state index in [2.05, 4.69) is 10.4 Å². The van der Waals surface area contributed by atoms with E-state index in [1.54, 1.807) is 13.2 Å². The van der Waals surface area contributed by atoms with Crippen molar-refractivity contribution in [3.05, 3.63) is 35.8 Å². The second kappa shape index (κ2) is 6.45. The molecule has 0 aliphatic rings. The number of aliphatic hydroxyl groups excluding tert-OH is 1. The summed E-state index contributed by atoms with van der Waals surface area (Å²) < 4.78 is 8.42. The third-order valence-corrected chi connectivity index (χ3v) is 3.26. The average molecular weight is 292 g/mol. The van der Waals surface area contributed by atoms with E-state index in [9.17, 15) is 9.90 Å². The van der Waals surface area contributed by atoms with E-state index in [-0.39, 0.29) is 11.8 Å². The zero-order chi connectivity index (χ0) is 15.4. The molecule has 2 heterocycles. The Kier molecular flexibility index (Phi) is 4.64. The van der Waals surface area contributed by atoms with Crippen LogP contribution in [0.1, 0.15) is 28.6 Å². The molecule has 114 valence electrons. The van der Waals surface area contributed by atoms with Crippen LogP contribution in [0.15, 0.2) is 24.5 Å². The van der Waals surface area contributed by atoms with Gasteiger partial charge in [0, 0.05) is 38.7 Å². The zero-order valence-corrected chi connectivity index (χ0v) is 12.4. The summed E-state index contributed by atoms with van der Waals surface area (Å²) in [5.41, 5.74) is 1.21. The lowest BCUT2D eigenvalue weighted by molar-refractivity contribution is 0.0938. The molecule has 2 aromatic rings. The molecule has 0 saturated carbocycles. The molecular formula is C14H20N4O3. The predicted octanol–water partition coefficient (Wildman–Crippen LogP) is 0.621. The Morgan fingerprint density at radius 3 is 2.90 bits per heavy atom. The zero-order valence-electron chi connectivity index (χ0n) is 12.4. The van der Waals surface area contributed by atoms with Crippen molar-refractivity contribution >= 4 is 5.91 Å². The maximum Gasteiger partial charge on any atom is 0.258 e. The fourth-order valence-corrected chi connectivity index (χ4v) is 2.16. The monoisotopic (exact) mass is 292 g/mol. The molecule has 2 aromatic heterocycles. The first-order chi connectivity index (χ1) is 10.0. The van der Waals surface area contributed by atoms with Crippen LogP contribution in [0.25, 0.3) is 0 Å². The van der Waals surface area contributed by atoms with Crippen molar-refractivity contribution in [3.63, 3.8) is 0 Å². The number of ether oxygens (including phenoxy) is 1. The van der Waals surface area contributed by atoms with Gasteiger partial charge in [0.05, 0.1) is 13.2 Å². The molecule has 0 unspecified atom stereocenters. The van der Waals surface area contributed by atoms with Crippen LogP contribution in [0, 0.1) is 0 Å².